The topological polar surface area (TPSA) is 53.1 Å². The van der Waals surface area contributed by atoms with Crippen LogP contribution in [0.4, 0.5) is 0 Å². The molecule has 0 amide bonds. The molecular weight excluding hydrogens is 306 g/mol. The molecule has 0 unspecified atom stereocenters. The van der Waals surface area contributed by atoms with Crippen LogP contribution < -0.4 is 5.73 Å². The summed E-state index contributed by atoms with van der Waals surface area (Å²) in [6.07, 6.45) is 2.78. The van der Waals surface area contributed by atoms with Gasteiger partial charge in [0.2, 0.25) is 0 Å². The Morgan fingerprint density at radius 1 is 1.26 bits per heavy atom. The Morgan fingerprint density at radius 3 is 2.37 bits per heavy atom. The number of nitrogens with two attached hydrogens (primary N) is 1. The van der Waals surface area contributed by atoms with Crippen LogP contribution in [-0.2, 0) is 24.3 Å². The number of hydrogen-bond acceptors (Lipinski definition) is 3. The molecule has 0 radical (unpaired) electrons. The van der Waals surface area contributed by atoms with Gasteiger partial charge in [-0.1, -0.05) is 20.8 Å². The lowest BCUT2D eigenvalue weighted by atomic mass is 9.96. The van der Waals surface area contributed by atoms with Crippen molar-refractivity contribution in [2.45, 2.75) is 65.6 Å². The number of halogens is 1. The molecule has 1 aromatic rings. The smallest absolute Gasteiger partial charge is 0.0897 e. The third-order valence-corrected chi connectivity index (χ3v) is 4.65. The number of nitrogens with zero attached hydrogens (tertiary/aromatic N) is 2. The van der Waals surface area contributed by atoms with Gasteiger partial charge < -0.3 is 10.5 Å². The summed E-state index contributed by atoms with van der Waals surface area (Å²) in [5.41, 5.74) is 8.22. The fraction of sp³-hybridized carbons (Fsp3) is 0.786. The first-order valence-corrected chi connectivity index (χ1v) is 7.91. The number of aromatic nitrogens is 2. The fourth-order valence-electron chi connectivity index (χ4n) is 1.96. The van der Waals surface area contributed by atoms with Crippen molar-refractivity contribution in [2.75, 3.05) is 6.61 Å². The average molecular weight is 332 g/mol. The van der Waals surface area contributed by atoms with Crippen molar-refractivity contribution < 1.29 is 4.74 Å². The van der Waals surface area contributed by atoms with Crippen LogP contribution in [0.25, 0.3) is 0 Å². The summed E-state index contributed by atoms with van der Waals surface area (Å²) in [5, 5.41) is 4.56. The van der Waals surface area contributed by atoms with E-state index in [1.807, 2.05) is 4.68 Å². The molecule has 110 valence electrons. The summed E-state index contributed by atoms with van der Waals surface area (Å²) in [5.74, 6) is 0. The Bertz CT molecular complexity index is 400. The fourth-order valence-corrected chi connectivity index (χ4v) is 2.64. The molecule has 19 heavy (non-hydrogen) atoms. The average Bonchev–Trinajstić information content (AvgIpc) is 2.75. The normalized spacial score (nSPS) is 12.1. The van der Waals surface area contributed by atoms with E-state index in [2.05, 4.69) is 48.7 Å². The molecule has 0 saturated heterocycles. The lowest BCUT2D eigenvalue weighted by molar-refractivity contribution is 0.0653. The quantitative estimate of drug-likeness (QED) is 0.795. The number of aryl methyl sites for hydroxylation is 2. The van der Waals surface area contributed by atoms with Gasteiger partial charge in [0.25, 0.3) is 0 Å². The van der Waals surface area contributed by atoms with Gasteiger partial charge in [0.15, 0.2) is 0 Å². The van der Waals surface area contributed by atoms with Crippen LogP contribution in [0.3, 0.4) is 0 Å². The monoisotopic (exact) mass is 331 g/mol. The Kier molecular flexibility index (Phi) is 6.50. The second-order valence-electron chi connectivity index (χ2n) is 4.94. The first kappa shape index (κ1) is 16.7. The maximum absolute atomic E-state index is 6.24. The van der Waals surface area contributed by atoms with Crippen molar-refractivity contribution in [1.82, 2.24) is 9.78 Å². The van der Waals surface area contributed by atoms with Gasteiger partial charge >= 0.3 is 0 Å². The van der Waals surface area contributed by atoms with Gasteiger partial charge in [-0.2, -0.15) is 5.10 Å². The van der Waals surface area contributed by atoms with E-state index in [0.717, 1.165) is 41.7 Å². The zero-order valence-electron chi connectivity index (χ0n) is 12.5. The lowest BCUT2D eigenvalue weighted by Gasteiger charge is -2.26. The highest BCUT2D eigenvalue weighted by molar-refractivity contribution is 9.10. The van der Waals surface area contributed by atoms with Crippen molar-refractivity contribution in [1.29, 1.82) is 0 Å². The Labute approximate surface area is 124 Å². The molecule has 1 heterocycles. The zero-order valence-corrected chi connectivity index (χ0v) is 14.1. The molecule has 0 atom stereocenters. The maximum atomic E-state index is 6.24. The summed E-state index contributed by atoms with van der Waals surface area (Å²) < 4.78 is 8.91. The summed E-state index contributed by atoms with van der Waals surface area (Å²) in [7, 11) is 0. The van der Waals surface area contributed by atoms with Crippen LogP contribution in [0.1, 0.15) is 51.9 Å². The van der Waals surface area contributed by atoms with Crippen LogP contribution in [-0.4, -0.2) is 21.9 Å². The highest BCUT2D eigenvalue weighted by atomic mass is 79.9. The SMILES string of the molecule is CCc1nn(CC)c(COCC(N)(CC)CC)c1Br. The molecule has 0 aromatic carbocycles. The van der Waals surface area contributed by atoms with Gasteiger partial charge in [0, 0.05) is 12.1 Å². The first-order chi connectivity index (χ1) is 9.01. The van der Waals surface area contributed by atoms with Crippen molar-refractivity contribution in [3.05, 3.63) is 15.9 Å². The maximum Gasteiger partial charge on any atom is 0.0897 e. The van der Waals surface area contributed by atoms with Crippen LogP contribution in [0.15, 0.2) is 4.47 Å². The molecule has 0 bridgehead atoms. The predicted molar refractivity (Wildman–Crippen MR) is 82.1 cm³/mol. The van der Waals surface area contributed by atoms with E-state index in [9.17, 15) is 0 Å². The molecule has 1 aromatic heterocycles. The highest BCUT2D eigenvalue weighted by Crippen LogP contribution is 2.23. The minimum absolute atomic E-state index is 0.211. The van der Waals surface area contributed by atoms with Gasteiger partial charge in [-0.3, -0.25) is 4.68 Å². The first-order valence-electron chi connectivity index (χ1n) is 7.11. The number of ether oxygens (including phenoxy) is 1. The molecule has 5 heteroatoms. The number of hydrogen-bond donors (Lipinski definition) is 1. The van der Waals surface area contributed by atoms with Crippen molar-refractivity contribution in [2.24, 2.45) is 5.73 Å². The lowest BCUT2D eigenvalue weighted by Crippen LogP contribution is -2.43. The van der Waals surface area contributed by atoms with Gasteiger partial charge in [-0.05, 0) is 42.1 Å². The Hall–Kier alpha value is -0.390. The summed E-state index contributed by atoms with van der Waals surface area (Å²) in [6.45, 7) is 10.4. The summed E-state index contributed by atoms with van der Waals surface area (Å²) >= 11 is 3.62. The molecule has 4 nitrogen and oxygen atoms in total. The minimum atomic E-state index is -0.211. The molecule has 0 saturated carbocycles. The molecule has 1 rings (SSSR count). The van der Waals surface area contributed by atoms with E-state index in [0.29, 0.717) is 13.2 Å². The van der Waals surface area contributed by atoms with Gasteiger partial charge in [0.05, 0.1) is 29.1 Å². The van der Waals surface area contributed by atoms with Crippen molar-refractivity contribution in [3.8, 4) is 0 Å². The third kappa shape index (κ3) is 4.04. The van der Waals surface area contributed by atoms with E-state index < -0.39 is 0 Å². The van der Waals surface area contributed by atoms with Crippen LogP contribution >= 0.6 is 15.9 Å². The third-order valence-electron chi connectivity index (χ3n) is 3.73. The predicted octanol–water partition coefficient (Wildman–Crippen LogP) is 3.26. The molecule has 2 N–H and O–H groups in total. The van der Waals surface area contributed by atoms with Crippen molar-refractivity contribution in [3.63, 3.8) is 0 Å². The van der Waals surface area contributed by atoms with E-state index in [-0.39, 0.29) is 5.54 Å². The van der Waals surface area contributed by atoms with Gasteiger partial charge in [0.1, 0.15) is 0 Å². The van der Waals surface area contributed by atoms with Gasteiger partial charge in [-0.15, -0.1) is 0 Å². The van der Waals surface area contributed by atoms with Gasteiger partial charge in [-0.25, -0.2) is 0 Å². The molecular formula is C14H26BrN3O. The summed E-state index contributed by atoms with van der Waals surface area (Å²) in [6, 6.07) is 0. The Balaban J connectivity index is 2.70. The van der Waals surface area contributed by atoms with E-state index in [1.54, 1.807) is 0 Å². The van der Waals surface area contributed by atoms with Crippen LogP contribution in [0, 0.1) is 0 Å². The Morgan fingerprint density at radius 2 is 1.89 bits per heavy atom. The molecule has 0 aliphatic carbocycles. The zero-order chi connectivity index (χ0) is 14.5. The molecule has 0 aliphatic rings. The van der Waals surface area contributed by atoms with E-state index in [1.165, 1.54) is 0 Å². The van der Waals surface area contributed by atoms with Crippen LogP contribution in [0.2, 0.25) is 0 Å². The minimum Gasteiger partial charge on any atom is -0.373 e. The van der Waals surface area contributed by atoms with Crippen molar-refractivity contribution >= 4 is 15.9 Å². The number of rotatable bonds is 8. The van der Waals surface area contributed by atoms with E-state index >= 15 is 0 Å². The summed E-state index contributed by atoms with van der Waals surface area (Å²) in [4.78, 5) is 0. The molecule has 0 aliphatic heterocycles. The standard InChI is InChI=1S/C14H26BrN3O/c1-5-11-13(15)12(18(8-4)17-11)9-19-10-14(16,6-2)7-3/h5-10,16H2,1-4H3. The second kappa shape index (κ2) is 7.41. The largest absolute Gasteiger partial charge is 0.373 e. The second-order valence-corrected chi connectivity index (χ2v) is 5.73. The molecule has 0 fully saturated rings. The molecule has 0 spiro atoms. The van der Waals surface area contributed by atoms with E-state index in [4.69, 9.17) is 10.5 Å². The highest BCUT2D eigenvalue weighted by Gasteiger charge is 2.21. The van der Waals surface area contributed by atoms with Crippen LogP contribution in [0.5, 0.6) is 0 Å².